The minimum absolute atomic E-state index is 0.797. The topological polar surface area (TPSA) is 0 Å². The van der Waals surface area contributed by atoms with Gasteiger partial charge in [0, 0.05) is 0 Å². The molecule has 4 unspecified atom stereocenters. The normalized spacial score (nSPS) is 19.2. The van der Waals surface area contributed by atoms with E-state index in [1.165, 1.54) is 81.5 Å². The molecule has 0 aliphatic carbocycles. The maximum absolute atomic E-state index is 2.59. The predicted octanol–water partition coefficient (Wildman–Crippen LogP) is 8.12. The van der Waals surface area contributed by atoms with Gasteiger partial charge in [0.2, 0.25) is 0 Å². The SMILES string of the molecule is CCCCC(C)[N+](C(C)CCCC)(C(C)CCCC)C(C)CCCC. The second-order valence-electron chi connectivity index (χ2n) is 8.86. The highest BCUT2D eigenvalue weighted by Crippen LogP contribution is 2.37. The van der Waals surface area contributed by atoms with Gasteiger partial charge in [-0.3, -0.25) is 0 Å². The molecule has 4 atom stereocenters. The van der Waals surface area contributed by atoms with Crippen LogP contribution in [0.25, 0.3) is 0 Å². The second kappa shape index (κ2) is 14.1. The van der Waals surface area contributed by atoms with Crippen LogP contribution in [-0.4, -0.2) is 28.7 Å². The first-order valence-electron chi connectivity index (χ1n) is 11.8. The lowest BCUT2D eigenvalue weighted by Gasteiger charge is -2.56. The Morgan fingerprint density at radius 2 is 0.640 bits per heavy atom. The van der Waals surface area contributed by atoms with Crippen molar-refractivity contribution in [3.8, 4) is 0 Å². The third kappa shape index (κ3) is 7.24. The van der Waals surface area contributed by atoms with Crippen molar-refractivity contribution in [1.82, 2.24) is 0 Å². The van der Waals surface area contributed by atoms with Crippen LogP contribution in [0.2, 0.25) is 0 Å². The van der Waals surface area contributed by atoms with Gasteiger partial charge >= 0.3 is 0 Å². The summed E-state index contributed by atoms with van der Waals surface area (Å²) in [5.41, 5.74) is 0. The summed E-state index contributed by atoms with van der Waals surface area (Å²) in [5.74, 6) is 0. The smallest absolute Gasteiger partial charge is 0.0867 e. The van der Waals surface area contributed by atoms with Gasteiger partial charge in [0.25, 0.3) is 0 Å². The highest BCUT2D eigenvalue weighted by atomic mass is 15.4. The molecule has 0 rings (SSSR count). The monoisotopic (exact) mass is 354 g/mol. The van der Waals surface area contributed by atoms with Crippen LogP contribution in [0.3, 0.4) is 0 Å². The van der Waals surface area contributed by atoms with Crippen LogP contribution in [-0.2, 0) is 0 Å². The van der Waals surface area contributed by atoms with E-state index in [9.17, 15) is 0 Å². The minimum Gasteiger partial charge on any atom is -0.315 e. The quantitative estimate of drug-likeness (QED) is 0.245. The summed E-state index contributed by atoms with van der Waals surface area (Å²) < 4.78 is 1.39. The molecule has 0 aromatic heterocycles. The lowest BCUT2D eigenvalue weighted by atomic mass is 9.89. The van der Waals surface area contributed by atoms with Crippen molar-refractivity contribution in [2.45, 2.75) is 157 Å². The van der Waals surface area contributed by atoms with Crippen molar-refractivity contribution in [2.75, 3.05) is 0 Å². The zero-order chi connectivity index (χ0) is 19.3. The van der Waals surface area contributed by atoms with E-state index in [0.717, 1.165) is 24.2 Å². The molecule has 0 bridgehead atoms. The van der Waals surface area contributed by atoms with Crippen LogP contribution in [0, 0.1) is 0 Å². The van der Waals surface area contributed by atoms with Crippen LogP contribution in [0.4, 0.5) is 0 Å². The second-order valence-corrected chi connectivity index (χ2v) is 8.86. The number of rotatable bonds is 16. The Labute approximate surface area is 161 Å². The first kappa shape index (κ1) is 25.0. The summed E-state index contributed by atoms with van der Waals surface area (Å²) >= 11 is 0. The first-order chi connectivity index (χ1) is 11.9. The zero-order valence-electron chi connectivity index (χ0n) is 19.2. The van der Waals surface area contributed by atoms with E-state index >= 15 is 0 Å². The molecule has 152 valence electrons. The van der Waals surface area contributed by atoms with Crippen molar-refractivity contribution < 1.29 is 4.48 Å². The molecule has 0 aliphatic heterocycles. The van der Waals surface area contributed by atoms with Gasteiger partial charge in [-0.15, -0.1) is 0 Å². The summed E-state index contributed by atoms with van der Waals surface area (Å²) in [7, 11) is 0. The van der Waals surface area contributed by atoms with Crippen LogP contribution < -0.4 is 0 Å². The Bertz CT molecular complexity index is 237. The molecule has 0 aromatic rings. The van der Waals surface area contributed by atoms with E-state index in [-0.39, 0.29) is 0 Å². The van der Waals surface area contributed by atoms with Gasteiger partial charge in [0.1, 0.15) is 0 Å². The van der Waals surface area contributed by atoms with Crippen LogP contribution in [0.1, 0.15) is 132 Å². The van der Waals surface area contributed by atoms with Gasteiger partial charge < -0.3 is 4.48 Å². The number of hydrogen-bond acceptors (Lipinski definition) is 0. The maximum atomic E-state index is 2.59. The molecule has 0 saturated carbocycles. The van der Waals surface area contributed by atoms with E-state index in [4.69, 9.17) is 0 Å². The molecule has 0 radical (unpaired) electrons. The fourth-order valence-electron chi connectivity index (χ4n) is 5.50. The van der Waals surface area contributed by atoms with Gasteiger partial charge in [-0.1, -0.05) is 53.4 Å². The lowest BCUT2D eigenvalue weighted by Crippen LogP contribution is -2.68. The molecular formula is C24H52N+. The number of nitrogens with zero attached hydrogens (tertiary/aromatic N) is 1. The Morgan fingerprint density at radius 1 is 0.440 bits per heavy atom. The van der Waals surface area contributed by atoms with E-state index < -0.39 is 0 Å². The Kier molecular flexibility index (Phi) is 14.0. The van der Waals surface area contributed by atoms with Crippen molar-refractivity contribution in [1.29, 1.82) is 0 Å². The Hall–Kier alpha value is -0.0400. The molecule has 0 aromatic carbocycles. The van der Waals surface area contributed by atoms with Crippen LogP contribution >= 0.6 is 0 Å². The summed E-state index contributed by atoms with van der Waals surface area (Å²) in [6, 6.07) is 3.19. The molecule has 0 saturated heterocycles. The number of hydrogen-bond donors (Lipinski definition) is 0. The predicted molar refractivity (Wildman–Crippen MR) is 116 cm³/mol. The average molecular weight is 355 g/mol. The van der Waals surface area contributed by atoms with Crippen molar-refractivity contribution in [3.05, 3.63) is 0 Å². The Balaban J connectivity index is 5.71. The zero-order valence-corrected chi connectivity index (χ0v) is 19.2. The van der Waals surface area contributed by atoms with Gasteiger partial charge in [-0.25, -0.2) is 0 Å². The van der Waals surface area contributed by atoms with Gasteiger partial charge in [-0.05, 0) is 79.1 Å². The molecule has 25 heavy (non-hydrogen) atoms. The van der Waals surface area contributed by atoms with E-state index in [1.807, 2.05) is 0 Å². The highest BCUT2D eigenvalue weighted by molar-refractivity contribution is 4.72. The summed E-state index contributed by atoms with van der Waals surface area (Å²) in [4.78, 5) is 0. The minimum atomic E-state index is 0.797. The fraction of sp³-hybridized carbons (Fsp3) is 1.00. The molecule has 0 spiro atoms. The van der Waals surface area contributed by atoms with Crippen LogP contribution in [0.15, 0.2) is 0 Å². The van der Waals surface area contributed by atoms with Crippen molar-refractivity contribution in [2.24, 2.45) is 0 Å². The molecule has 0 N–H and O–H groups in total. The number of unbranched alkanes of at least 4 members (excludes halogenated alkanes) is 4. The molecule has 0 fully saturated rings. The van der Waals surface area contributed by atoms with Crippen LogP contribution in [0.5, 0.6) is 0 Å². The van der Waals surface area contributed by atoms with E-state index in [2.05, 4.69) is 55.4 Å². The lowest BCUT2D eigenvalue weighted by molar-refractivity contribution is -1.01. The Morgan fingerprint density at radius 3 is 0.800 bits per heavy atom. The van der Waals surface area contributed by atoms with Gasteiger partial charge in [-0.2, -0.15) is 0 Å². The first-order valence-corrected chi connectivity index (χ1v) is 11.8. The maximum Gasteiger partial charge on any atom is 0.0867 e. The van der Waals surface area contributed by atoms with E-state index in [0.29, 0.717) is 0 Å². The van der Waals surface area contributed by atoms with Gasteiger partial charge in [0.15, 0.2) is 0 Å². The highest BCUT2D eigenvalue weighted by Gasteiger charge is 2.46. The third-order valence-corrected chi connectivity index (χ3v) is 6.96. The summed E-state index contributed by atoms with van der Waals surface area (Å²) in [6.07, 6.45) is 16.5. The third-order valence-electron chi connectivity index (χ3n) is 6.96. The molecule has 0 heterocycles. The molecule has 0 amide bonds. The number of quaternary nitrogens is 1. The van der Waals surface area contributed by atoms with E-state index in [1.54, 1.807) is 0 Å². The summed E-state index contributed by atoms with van der Waals surface area (Å²) in [5, 5.41) is 0. The molecule has 0 aliphatic rings. The molecular weight excluding hydrogens is 302 g/mol. The van der Waals surface area contributed by atoms with Crippen molar-refractivity contribution in [3.63, 3.8) is 0 Å². The largest absolute Gasteiger partial charge is 0.315 e. The average Bonchev–Trinajstić information content (AvgIpc) is 2.61. The standard InChI is InChI=1S/C24H52N/c1-9-13-17-21(5)25(22(6)18-14-10-2,23(7)19-15-11-3)24(8)20-16-12-4/h21-24H,9-20H2,1-8H3/q+1. The fourth-order valence-corrected chi connectivity index (χ4v) is 5.50. The summed E-state index contributed by atoms with van der Waals surface area (Å²) in [6.45, 7) is 19.7. The van der Waals surface area contributed by atoms with Gasteiger partial charge in [0.05, 0.1) is 24.2 Å². The molecule has 1 nitrogen and oxygen atoms in total. The van der Waals surface area contributed by atoms with Crippen molar-refractivity contribution >= 4 is 0 Å². The molecule has 1 heteroatoms.